The van der Waals surface area contributed by atoms with Gasteiger partial charge >= 0.3 is 0 Å². The number of halogens is 2. The second kappa shape index (κ2) is 4.96. The van der Waals surface area contributed by atoms with Crippen LogP contribution in [0.5, 0.6) is 0 Å². The molecule has 0 aliphatic heterocycles. The van der Waals surface area contributed by atoms with Crippen molar-refractivity contribution in [3.05, 3.63) is 16.5 Å². The van der Waals surface area contributed by atoms with Crippen molar-refractivity contribution in [2.24, 2.45) is 0 Å². The summed E-state index contributed by atoms with van der Waals surface area (Å²) in [7, 11) is 1.64. The quantitative estimate of drug-likeness (QED) is 0.834. The van der Waals surface area contributed by atoms with Gasteiger partial charge in [0.2, 0.25) is 5.28 Å². The molecule has 0 saturated heterocycles. The van der Waals surface area contributed by atoms with Crippen LogP contribution in [0.3, 0.4) is 0 Å². The van der Waals surface area contributed by atoms with Crippen molar-refractivity contribution in [3.63, 3.8) is 0 Å². The molecule has 1 heterocycles. The lowest BCUT2D eigenvalue weighted by atomic mass is 10.1. The van der Waals surface area contributed by atoms with Crippen molar-refractivity contribution >= 4 is 29.0 Å². The lowest BCUT2D eigenvalue weighted by Crippen LogP contribution is -2.36. The predicted molar refractivity (Wildman–Crippen MR) is 61.6 cm³/mol. The minimum absolute atomic E-state index is 0.162. The number of hydrogen-bond acceptors (Lipinski definition) is 4. The molecule has 0 amide bonds. The highest BCUT2D eigenvalue weighted by Crippen LogP contribution is 2.22. The molecule has 0 aliphatic carbocycles. The van der Waals surface area contributed by atoms with Crippen molar-refractivity contribution in [2.75, 3.05) is 19.0 Å². The molecule has 15 heavy (non-hydrogen) atoms. The van der Waals surface area contributed by atoms with Gasteiger partial charge in [0.1, 0.15) is 10.8 Å². The average Bonchev–Trinajstić information content (AvgIpc) is 2.10. The van der Waals surface area contributed by atoms with Gasteiger partial charge in [-0.3, -0.25) is 0 Å². The highest BCUT2D eigenvalue weighted by atomic mass is 35.5. The van der Waals surface area contributed by atoms with Crippen LogP contribution in [-0.4, -0.2) is 29.2 Å². The van der Waals surface area contributed by atoms with E-state index in [2.05, 4.69) is 15.3 Å². The first-order chi connectivity index (χ1) is 6.94. The van der Waals surface area contributed by atoms with Crippen LogP contribution >= 0.6 is 23.2 Å². The smallest absolute Gasteiger partial charge is 0.224 e. The van der Waals surface area contributed by atoms with E-state index in [1.807, 2.05) is 13.8 Å². The number of aromatic nitrogens is 2. The second-order valence-corrected chi connectivity index (χ2v) is 4.52. The highest BCUT2D eigenvalue weighted by molar-refractivity contribution is 6.33. The number of hydrogen-bond donors (Lipinski definition) is 1. The van der Waals surface area contributed by atoms with E-state index in [9.17, 15) is 0 Å². The first-order valence-electron chi connectivity index (χ1n) is 4.40. The van der Waals surface area contributed by atoms with Gasteiger partial charge in [0, 0.05) is 7.11 Å². The van der Waals surface area contributed by atoms with E-state index in [4.69, 9.17) is 27.9 Å². The number of nitrogens with zero attached hydrogens (tertiary/aromatic N) is 2. The van der Waals surface area contributed by atoms with E-state index in [0.29, 0.717) is 17.4 Å². The largest absolute Gasteiger partial charge is 0.382 e. The Hall–Kier alpha value is -0.580. The van der Waals surface area contributed by atoms with E-state index in [-0.39, 0.29) is 10.8 Å². The van der Waals surface area contributed by atoms with Gasteiger partial charge in [-0.15, -0.1) is 0 Å². The number of anilines is 1. The zero-order chi connectivity index (χ0) is 11.5. The second-order valence-electron chi connectivity index (χ2n) is 3.78. The van der Waals surface area contributed by atoms with Crippen LogP contribution in [0.4, 0.5) is 5.82 Å². The highest BCUT2D eigenvalue weighted by Gasteiger charge is 2.19. The Morgan fingerprint density at radius 1 is 1.47 bits per heavy atom. The molecule has 0 bridgehead atoms. The molecule has 0 aliphatic rings. The molecule has 0 aromatic carbocycles. The average molecular weight is 250 g/mol. The summed E-state index contributed by atoms with van der Waals surface area (Å²) in [5.41, 5.74) is -0.268. The molecule has 4 nitrogen and oxygen atoms in total. The van der Waals surface area contributed by atoms with Crippen LogP contribution in [0.2, 0.25) is 10.3 Å². The summed E-state index contributed by atoms with van der Waals surface area (Å²) in [5.74, 6) is 0.513. The third-order valence-corrected chi connectivity index (χ3v) is 2.14. The molecule has 0 unspecified atom stereocenters. The summed E-state index contributed by atoms with van der Waals surface area (Å²) in [6.45, 7) is 4.48. The van der Waals surface area contributed by atoms with Gasteiger partial charge in [-0.2, -0.15) is 4.98 Å². The Labute approximate surface area is 99.0 Å². The van der Waals surface area contributed by atoms with Crippen LogP contribution in [0.1, 0.15) is 13.8 Å². The van der Waals surface area contributed by atoms with Gasteiger partial charge in [-0.05, 0) is 25.4 Å². The minimum atomic E-state index is -0.268. The topological polar surface area (TPSA) is 47.0 Å². The van der Waals surface area contributed by atoms with Crippen molar-refractivity contribution < 1.29 is 4.74 Å². The Balaban J connectivity index is 2.83. The maximum Gasteiger partial charge on any atom is 0.224 e. The molecule has 0 saturated carbocycles. The Morgan fingerprint density at radius 3 is 2.73 bits per heavy atom. The summed E-state index contributed by atoms with van der Waals surface area (Å²) in [5, 5.41) is 3.73. The third-order valence-electron chi connectivity index (χ3n) is 1.68. The maximum absolute atomic E-state index is 5.92. The first-order valence-corrected chi connectivity index (χ1v) is 5.15. The lowest BCUT2D eigenvalue weighted by Gasteiger charge is -2.26. The van der Waals surface area contributed by atoms with E-state index in [1.165, 1.54) is 6.20 Å². The third kappa shape index (κ3) is 3.81. The SMILES string of the molecule is COCC(C)(C)Nc1nc(Cl)ncc1Cl. The van der Waals surface area contributed by atoms with Crippen LogP contribution < -0.4 is 5.32 Å². The molecule has 1 rings (SSSR count). The van der Waals surface area contributed by atoms with Gasteiger partial charge in [0.05, 0.1) is 18.3 Å². The van der Waals surface area contributed by atoms with E-state index < -0.39 is 0 Å². The molecule has 0 fully saturated rings. The summed E-state index contributed by atoms with van der Waals surface area (Å²) < 4.78 is 5.07. The predicted octanol–water partition coefficient (Wildman–Crippen LogP) is 2.62. The van der Waals surface area contributed by atoms with Gasteiger partial charge in [-0.25, -0.2) is 4.98 Å². The zero-order valence-electron chi connectivity index (χ0n) is 8.84. The number of rotatable bonds is 4. The summed E-state index contributed by atoms with van der Waals surface area (Å²) in [4.78, 5) is 7.76. The molecule has 0 atom stereocenters. The molecule has 1 aromatic heterocycles. The summed E-state index contributed by atoms with van der Waals surface area (Å²) in [6.07, 6.45) is 1.46. The molecule has 6 heteroatoms. The number of nitrogens with one attached hydrogen (secondary N) is 1. The zero-order valence-corrected chi connectivity index (χ0v) is 10.4. The minimum Gasteiger partial charge on any atom is -0.382 e. The normalized spacial score (nSPS) is 11.5. The molecule has 1 N–H and O–H groups in total. The Bertz CT molecular complexity index is 344. The van der Waals surface area contributed by atoms with Gasteiger partial charge in [-0.1, -0.05) is 11.6 Å². The van der Waals surface area contributed by atoms with Crippen molar-refractivity contribution in [3.8, 4) is 0 Å². The van der Waals surface area contributed by atoms with E-state index >= 15 is 0 Å². The number of ether oxygens (including phenoxy) is 1. The van der Waals surface area contributed by atoms with Crippen LogP contribution in [0, 0.1) is 0 Å². The summed E-state index contributed by atoms with van der Waals surface area (Å²) in [6, 6.07) is 0. The van der Waals surface area contributed by atoms with Crippen molar-refractivity contribution in [1.29, 1.82) is 0 Å². The Morgan fingerprint density at radius 2 is 2.13 bits per heavy atom. The van der Waals surface area contributed by atoms with Crippen LogP contribution in [0.25, 0.3) is 0 Å². The standard InChI is InChI=1S/C9H13Cl2N3O/c1-9(2,5-15-3)14-7-6(10)4-12-8(11)13-7/h4H,5H2,1-3H3,(H,12,13,14). The van der Waals surface area contributed by atoms with Gasteiger partial charge < -0.3 is 10.1 Å². The van der Waals surface area contributed by atoms with Crippen LogP contribution in [0.15, 0.2) is 6.20 Å². The molecule has 1 aromatic rings. The maximum atomic E-state index is 5.92. The molecule has 84 valence electrons. The fourth-order valence-electron chi connectivity index (χ4n) is 1.15. The molecule has 0 radical (unpaired) electrons. The molecular formula is C9H13Cl2N3O. The van der Waals surface area contributed by atoms with Crippen molar-refractivity contribution in [1.82, 2.24) is 9.97 Å². The Kier molecular flexibility index (Phi) is 4.13. The summed E-state index contributed by atoms with van der Waals surface area (Å²) >= 11 is 11.6. The van der Waals surface area contributed by atoms with E-state index in [1.54, 1.807) is 7.11 Å². The molecular weight excluding hydrogens is 237 g/mol. The van der Waals surface area contributed by atoms with Gasteiger partial charge in [0.15, 0.2) is 0 Å². The fraction of sp³-hybridized carbons (Fsp3) is 0.556. The van der Waals surface area contributed by atoms with E-state index in [0.717, 1.165) is 0 Å². The van der Waals surface area contributed by atoms with Crippen molar-refractivity contribution in [2.45, 2.75) is 19.4 Å². The number of methoxy groups -OCH3 is 1. The monoisotopic (exact) mass is 249 g/mol. The molecule has 0 spiro atoms. The van der Waals surface area contributed by atoms with Crippen LogP contribution in [-0.2, 0) is 4.74 Å². The lowest BCUT2D eigenvalue weighted by molar-refractivity contribution is 0.158. The first kappa shape index (κ1) is 12.5. The fourth-order valence-corrected chi connectivity index (χ4v) is 1.42. The van der Waals surface area contributed by atoms with Gasteiger partial charge in [0.25, 0.3) is 0 Å².